The number of nitrogens with zero attached hydrogens (tertiary/aromatic N) is 3. The molecule has 0 unspecified atom stereocenters. The first kappa shape index (κ1) is 18.1. The second kappa shape index (κ2) is 8.62. The first-order valence-corrected chi connectivity index (χ1v) is 9.03. The molecule has 4 rings (SSSR count). The van der Waals surface area contributed by atoms with Crippen molar-refractivity contribution in [3.05, 3.63) is 107 Å². The maximum atomic E-state index is 12.6. The van der Waals surface area contributed by atoms with Crippen LogP contribution < -0.4 is 27.1 Å². The lowest BCUT2D eigenvalue weighted by atomic mass is 10.2. The van der Waals surface area contributed by atoms with Gasteiger partial charge in [-0.3, -0.25) is 15.6 Å². The molecule has 0 spiro atoms. The highest BCUT2D eigenvalue weighted by molar-refractivity contribution is 5.72. The van der Waals surface area contributed by atoms with Crippen LogP contribution in [0.25, 0.3) is 0 Å². The number of anilines is 3. The largest absolute Gasteiger partial charge is 0.301 e. The molecule has 29 heavy (non-hydrogen) atoms. The molecule has 0 amide bonds. The molecule has 0 aliphatic carbocycles. The molecule has 0 aromatic heterocycles. The van der Waals surface area contributed by atoms with E-state index in [1.165, 1.54) is 0 Å². The number of azo groups is 1. The van der Waals surface area contributed by atoms with Crippen LogP contribution in [0.1, 0.15) is 0 Å². The fourth-order valence-electron chi connectivity index (χ4n) is 2.60. The maximum absolute atomic E-state index is 12.6. The van der Waals surface area contributed by atoms with Crippen LogP contribution >= 0.6 is 0 Å². The van der Waals surface area contributed by atoms with Crippen LogP contribution in [0.2, 0.25) is 0 Å². The molecule has 0 saturated carbocycles. The van der Waals surface area contributed by atoms with Gasteiger partial charge in [0.25, 0.3) is 0 Å². The van der Waals surface area contributed by atoms with Crippen molar-refractivity contribution in [3.63, 3.8) is 0 Å². The highest BCUT2D eigenvalue weighted by atomic mass is 16.1. The zero-order valence-electron chi connectivity index (χ0n) is 15.4. The van der Waals surface area contributed by atoms with E-state index in [1.807, 2.05) is 91.0 Å². The molecule has 142 valence electrons. The third-order valence-electron chi connectivity index (χ3n) is 4.10. The summed E-state index contributed by atoms with van der Waals surface area (Å²) < 4.78 is 0. The summed E-state index contributed by atoms with van der Waals surface area (Å²) >= 11 is 0. The Morgan fingerprint density at radius 1 is 0.621 bits per heavy atom. The summed E-state index contributed by atoms with van der Waals surface area (Å²) in [5, 5.41) is 12.7. The summed E-state index contributed by atoms with van der Waals surface area (Å²) in [6.07, 6.45) is 0. The van der Waals surface area contributed by atoms with E-state index in [0.29, 0.717) is 11.4 Å². The smallest absolute Gasteiger partial charge is 0.237 e. The third kappa shape index (κ3) is 4.36. The molecule has 0 heterocycles. The normalized spacial score (nSPS) is 11.7. The molecule has 0 fully saturated rings. The molecule has 7 nitrogen and oxygen atoms in total. The fourth-order valence-corrected chi connectivity index (χ4v) is 2.60. The average molecular weight is 382 g/mol. The van der Waals surface area contributed by atoms with Crippen molar-refractivity contribution in [1.29, 1.82) is 0 Å². The van der Waals surface area contributed by atoms with Gasteiger partial charge in [-0.25, -0.2) is 0 Å². The van der Waals surface area contributed by atoms with Gasteiger partial charge in [-0.1, -0.05) is 54.6 Å². The topological polar surface area (TPSA) is 90.2 Å². The van der Waals surface area contributed by atoms with Gasteiger partial charge in [-0.2, -0.15) is 10.2 Å². The number of nitrogens with one attached hydrogen (secondary N) is 3. The molecular weight excluding hydrogens is 364 g/mol. The summed E-state index contributed by atoms with van der Waals surface area (Å²) in [5.41, 5.74) is 11.7. The van der Waals surface area contributed by atoms with Crippen molar-refractivity contribution in [2.75, 3.05) is 16.3 Å². The first-order chi connectivity index (χ1) is 14.3. The summed E-state index contributed by atoms with van der Waals surface area (Å²) in [5.74, 6) is 0. The van der Waals surface area contributed by atoms with E-state index in [2.05, 4.69) is 31.6 Å². The maximum Gasteiger partial charge on any atom is 0.237 e. The second-order valence-electron chi connectivity index (χ2n) is 6.14. The minimum atomic E-state index is -0.287. The van der Waals surface area contributed by atoms with Crippen LogP contribution in [0.15, 0.2) is 111 Å². The van der Waals surface area contributed by atoms with Gasteiger partial charge < -0.3 is 5.43 Å². The van der Waals surface area contributed by atoms with Gasteiger partial charge in [0.1, 0.15) is 5.69 Å². The summed E-state index contributed by atoms with van der Waals surface area (Å²) in [7, 11) is 0. The lowest BCUT2D eigenvalue weighted by Crippen LogP contribution is -2.37. The molecule has 0 bridgehead atoms. The second-order valence-corrected chi connectivity index (χ2v) is 6.14. The van der Waals surface area contributed by atoms with E-state index in [9.17, 15) is 4.79 Å². The Balaban J connectivity index is 1.61. The van der Waals surface area contributed by atoms with E-state index >= 15 is 0 Å². The Morgan fingerprint density at radius 3 is 1.86 bits per heavy atom. The van der Waals surface area contributed by atoms with Gasteiger partial charge in [0.15, 0.2) is 11.0 Å². The third-order valence-corrected chi connectivity index (χ3v) is 4.10. The summed E-state index contributed by atoms with van der Waals surface area (Å²) in [6, 6.07) is 28.2. The lowest BCUT2D eigenvalue weighted by molar-refractivity contribution is 1.11. The van der Waals surface area contributed by atoms with Crippen molar-refractivity contribution < 1.29 is 0 Å². The van der Waals surface area contributed by atoms with Crippen molar-refractivity contribution >= 4 is 28.4 Å². The van der Waals surface area contributed by atoms with Crippen LogP contribution in [-0.2, 0) is 0 Å². The van der Waals surface area contributed by atoms with Gasteiger partial charge in [0.05, 0.1) is 17.1 Å². The van der Waals surface area contributed by atoms with Crippen molar-refractivity contribution in [2.24, 2.45) is 15.3 Å². The number of benzene rings is 3. The zero-order valence-corrected chi connectivity index (χ0v) is 15.4. The molecule has 4 aromatic carbocycles. The van der Waals surface area contributed by atoms with Crippen LogP contribution in [0, 0.1) is 0 Å². The number of hydrazine groups is 1. The van der Waals surface area contributed by atoms with E-state index in [4.69, 9.17) is 0 Å². The molecule has 0 saturated heterocycles. The van der Waals surface area contributed by atoms with Gasteiger partial charge in [-0.15, -0.1) is 5.11 Å². The van der Waals surface area contributed by atoms with Crippen LogP contribution in [-0.4, -0.2) is 0 Å². The monoisotopic (exact) mass is 382 g/mol. The van der Waals surface area contributed by atoms with E-state index in [0.717, 1.165) is 11.4 Å². The quantitative estimate of drug-likeness (QED) is 0.319. The molecule has 3 N–H and O–H groups in total. The van der Waals surface area contributed by atoms with Crippen LogP contribution in [0.4, 0.5) is 28.4 Å². The lowest BCUT2D eigenvalue weighted by Gasteiger charge is -2.14. The first-order valence-electron chi connectivity index (χ1n) is 9.03. The van der Waals surface area contributed by atoms with E-state index < -0.39 is 0 Å². The summed E-state index contributed by atoms with van der Waals surface area (Å²) in [6.45, 7) is 0. The number of hydrogen-bond acceptors (Lipinski definition) is 7. The van der Waals surface area contributed by atoms with Crippen LogP contribution in [0.3, 0.4) is 0 Å². The minimum absolute atomic E-state index is 0.214. The molecular formula is C22H18N6O. The predicted octanol–water partition coefficient (Wildman–Crippen LogP) is 4.70. The van der Waals surface area contributed by atoms with E-state index in [1.54, 1.807) is 0 Å². The van der Waals surface area contributed by atoms with Gasteiger partial charge in [0, 0.05) is 0 Å². The highest BCUT2D eigenvalue weighted by Gasteiger charge is 2.19. The molecule has 4 aromatic rings. The van der Waals surface area contributed by atoms with Gasteiger partial charge in [-0.05, 0) is 36.4 Å². The van der Waals surface area contributed by atoms with Gasteiger partial charge >= 0.3 is 0 Å². The number of hydrogen-bond donors (Lipinski definition) is 3. The highest BCUT2D eigenvalue weighted by Crippen LogP contribution is 2.22. The molecule has 0 atom stereocenters. The molecule has 7 heteroatoms. The van der Waals surface area contributed by atoms with Gasteiger partial charge in [0.2, 0.25) is 5.43 Å². The number of rotatable bonds is 7. The van der Waals surface area contributed by atoms with Crippen LogP contribution in [0.5, 0.6) is 0 Å². The Labute approximate surface area is 167 Å². The Hall–Kier alpha value is -4.26. The van der Waals surface area contributed by atoms with Crippen molar-refractivity contribution in [3.8, 4) is 0 Å². The standard InChI is InChI=1S/C22H18N6O/c29-22-20(27-24-17-12-6-2-7-13-17)19(26-23-16-10-4-1-5-11-16)21(22)28-25-18-14-8-3-9-15-18/h1-15,23-24,26H/b27-20-,28-25?. The van der Waals surface area contributed by atoms with E-state index in [-0.39, 0.29) is 16.5 Å². The van der Waals surface area contributed by atoms with Crippen molar-refractivity contribution in [1.82, 2.24) is 0 Å². The molecule has 0 radical (unpaired) electrons. The fraction of sp³-hybridized carbons (Fsp3) is 0. The zero-order chi connectivity index (χ0) is 19.9. The number of para-hydroxylation sites is 2. The Kier molecular flexibility index (Phi) is 5.39. The molecule has 0 aliphatic heterocycles. The van der Waals surface area contributed by atoms with Crippen molar-refractivity contribution in [2.45, 2.75) is 0 Å². The predicted molar refractivity (Wildman–Crippen MR) is 115 cm³/mol. The average Bonchev–Trinajstić information content (AvgIpc) is 2.78. The SMILES string of the molecule is O=c1c(N=Nc2ccccc2)c(NNc2ccccc2)/c1=N/Nc1ccccc1. The minimum Gasteiger partial charge on any atom is -0.301 e. The molecule has 0 aliphatic rings. The summed E-state index contributed by atoms with van der Waals surface area (Å²) in [4.78, 5) is 12.6. The Bertz CT molecular complexity index is 1180. The Morgan fingerprint density at radius 2 is 1.21 bits per heavy atom.